The summed E-state index contributed by atoms with van der Waals surface area (Å²) < 4.78 is 0. The lowest BCUT2D eigenvalue weighted by atomic mass is 10.0. The van der Waals surface area contributed by atoms with Gasteiger partial charge in [0.15, 0.2) is 0 Å². The Hall–Kier alpha value is -1.51. The zero-order valence-electron chi connectivity index (χ0n) is 12.2. The molecule has 1 aromatic rings. The fraction of sp³-hybridized carbons (Fsp3) is 0.562. The molecule has 0 aliphatic carbocycles. The zero-order chi connectivity index (χ0) is 13.8. The number of likely N-dealkylation sites (tertiary alicyclic amines) is 1. The quantitative estimate of drug-likeness (QED) is 0.861. The Kier molecular flexibility index (Phi) is 4.46. The molecule has 3 heteroatoms. The molecule has 1 N–H and O–H groups in total. The van der Waals surface area contributed by atoms with Crippen LogP contribution in [0.2, 0.25) is 0 Å². The monoisotopic (exact) mass is 260 g/mol. The third-order valence-electron chi connectivity index (χ3n) is 3.92. The molecule has 1 atom stereocenters. The number of anilines is 1. The SMILES string of the molecule is CCc1cccc(C)c1NC(=O)N1CCCC(C)C1. The van der Waals surface area contributed by atoms with Crippen molar-refractivity contribution in [2.45, 2.75) is 40.0 Å². The number of urea groups is 1. The minimum atomic E-state index is 0.0514. The van der Waals surface area contributed by atoms with Crippen molar-refractivity contribution >= 4 is 11.7 Å². The Balaban J connectivity index is 2.10. The van der Waals surface area contributed by atoms with Crippen molar-refractivity contribution in [1.82, 2.24) is 4.90 Å². The second-order valence-electron chi connectivity index (χ2n) is 5.59. The smallest absolute Gasteiger partial charge is 0.321 e. The summed E-state index contributed by atoms with van der Waals surface area (Å²) in [6.45, 7) is 8.13. The van der Waals surface area contributed by atoms with Crippen LogP contribution in [0, 0.1) is 12.8 Å². The van der Waals surface area contributed by atoms with Crippen molar-refractivity contribution in [1.29, 1.82) is 0 Å². The molecule has 0 saturated carbocycles. The van der Waals surface area contributed by atoms with Crippen LogP contribution in [0.3, 0.4) is 0 Å². The maximum absolute atomic E-state index is 12.3. The Morgan fingerprint density at radius 2 is 2.26 bits per heavy atom. The van der Waals surface area contributed by atoms with Crippen molar-refractivity contribution in [3.05, 3.63) is 29.3 Å². The second kappa shape index (κ2) is 6.09. The van der Waals surface area contributed by atoms with Gasteiger partial charge in [0.1, 0.15) is 0 Å². The topological polar surface area (TPSA) is 32.3 Å². The van der Waals surface area contributed by atoms with Gasteiger partial charge in [0, 0.05) is 18.8 Å². The first-order chi connectivity index (χ1) is 9.11. The number of hydrogen-bond donors (Lipinski definition) is 1. The molecule has 0 spiro atoms. The Bertz CT molecular complexity index is 456. The van der Waals surface area contributed by atoms with Gasteiger partial charge in [0.2, 0.25) is 0 Å². The summed E-state index contributed by atoms with van der Waals surface area (Å²) in [7, 11) is 0. The van der Waals surface area contributed by atoms with E-state index in [1.165, 1.54) is 12.0 Å². The van der Waals surface area contributed by atoms with E-state index in [4.69, 9.17) is 0 Å². The average molecular weight is 260 g/mol. The lowest BCUT2D eigenvalue weighted by Gasteiger charge is -2.31. The molecule has 1 aliphatic rings. The first kappa shape index (κ1) is 13.9. The number of nitrogens with one attached hydrogen (secondary N) is 1. The predicted octanol–water partition coefficient (Wildman–Crippen LogP) is 3.82. The minimum Gasteiger partial charge on any atom is -0.324 e. The number of aryl methyl sites for hydroxylation is 2. The number of rotatable bonds is 2. The van der Waals surface area contributed by atoms with Crippen molar-refractivity contribution in [2.75, 3.05) is 18.4 Å². The molecule has 1 saturated heterocycles. The van der Waals surface area contributed by atoms with E-state index in [0.717, 1.165) is 37.2 Å². The summed E-state index contributed by atoms with van der Waals surface area (Å²) in [6, 6.07) is 6.23. The molecule has 104 valence electrons. The van der Waals surface area contributed by atoms with Gasteiger partial charge in [-0.25, -0.2) is 4.79 Å². The van der Waals surface area contributed by atoms with E-state index in [9.17, 15) is 4.79 Å². The van der Waals surface area contributed by atoms with Gasteiger partial charge < -0.3 is 10.2 Å². The number of para-hydroxylation sites is 1. The van der Waals surface area contributed by atoms with Crippen LogP contribution in [0.15, 0.2) is 18.2 Å². The van der Waals surface area contributed by atoms with Gasteiger partial charge in [0.25, 0.3) is 0 Å². The van der Waals surface area contributed by atoms with E-state index in [-0.39, 0.29) is 6.03 Å². The van der Waals surface area contributed by atoms with E-state index in [2.05, 4.69) is 25.2 Å². The molecule has 0 radical (unpaired) electrons. The van der Waals surface area contributed by atoms with E-state index >= 15 is 0 Å². The number of carbonyl (C=O) groups excluding carboxylic acids is 1. The predicted molar refractivity (Wildman–Crippen MR) is 79.5 cm³/mol. The molecule has 1 aromatic carbocycles. The van der Waals surface area contributed by atoms with Crippen LogP contribution in [-0.4, -0.2) is 24.0 Å². The molecule has 0 bridgehead atoms. The molecule has 0 aromatic heterocycles. The van der Waals surface area contributed by atoms with Gasteiger partial charge in [-0.05, 0) is 43.2 Å². The largest absolute Gasteiger partial charge is 0.324 e. The van der Waals surface area contributed by atoms with Crippen LogP contribution in [0.5, 0.6) is 0 Å². The van der Waals surface area contributed by atoms with Crippen molar-refractivity contribution in [3.8, 4) is 0 Å². The molecule has 3 nitrogen and oxygen atoms in total. The van der Waals surface area contributed by atoms with Crippen LogP contribution >= 0.6 is 0 Å². The number of carbonyl (C=O) groups is 1. The van der Waals surface area contributed by atoms with Gasteiger partial charge in [0.05, 0.1) is 0 Å². The fourth-order valence-electron chi connectivity index (χ4n) is 2.76. The molecule has 1 aliphatic heterocycles. The molecule has 1 heterocycles. The molecular weight excluding hydrogens is 236 g/mol. The van der Waals surface area contributed by atoms with E-state index in [1.807, 2.05) is 24.0 Å². The number of amides is 2. The number of hydrogen-bond acceptors (Lipinski definition) is 1. The number of benzene rings is 1. The van der Waals surface area contributed by atoms with E-state index < -0.39 is 0 Å². The zero-order valence-corrected chi connectivity index (χ0v) is 12.2. The lowest BCUT2D eigenvalue weighted by Crippen LogP contribution is -2.41. The second-order valence-corrected chi connectivity index (χ2v) is 5.59. The highest BCUT2D eigenvalue weighted by molar-refractivity contribution is 5.91. The van der Waals surface area contributed by atoms with Crippen LogP contribution in [0.25, 0.3) is 0 Å². The maximum Gasteiger partial charge on any atom is 0.321 e. The van der Waals surface area contributed by atoms with Gasteiger partial charge >= 0.3 is 6.03 Å². The highest BCUT2D eigenvalue weighted by Gasteiger charge is 2.21. The normalized spacial score (nSPS) is 19.3. The first-order valence-corrected chi connectivity index (χ1v) is 7.26. The van der Waals surface area contributed by atoms with Crippen LogP contribution < -0.4 is 5.32 Å². The molecule has 1 fully saturated rings. The summed E-state index contributed by atoms with van der Waals surface area (Å²) in [6.07, 6.45) is 3.28. The third-order valence-corrected chi connectivity index (χ3v) is 3.92. The average Bonchev–Trinajstić information content (AvgIpc) is 2.41. The van der Waals surface area contributed by atoms with Crippen molar-refractivity contribution < 1.29 is 4.79 Å². The Morgan fingerprint density at radius 1 is 1.47 bits per heavy atom. The maximum atomic E-state index is 12.3. The summed E-state index contributed by atoms with van der Waals surface area (Å²) in [5.74, 6) is 0.613. The summed E-state index contributed by atoms with van der Waals surface area (Å²) in [5.41, 5.74) is 3.34. The standard InChI is InChI=1S/C16H24N2O/c1-4-14-9-5-8-13(3)15(14)17-16(19)18-10-6-7-12(2)11-18/h5,8-9,12H,4,6-7,10-11H2,1-3H3,(H,17,19). The summed E-state index contributed by atoms with van der Waals surface area (Å²) >= 11 is 0. The minimum absolute atomic E-state index is 0.0514. The molecule has 19 heavy (non-hydrogen) atoms. The first-order valence-electron chi connectivity index (χ1n) is 7.26. The molecule has 1 unspecified atom stereocenters. The van der Waals surface area contributed by atoms with Crippen molar-refractivity contribution in [3.63, 3.8) is 0 Å². The van der Waals surface area contributed by atoms with Gasteiger partial charge in [-0.2, -0.15) is 0 Å². The number of nitrogens with zero attached hydrogens (tertiary/aromatic N) is 1. The van der Waals surface area contributed by atoms with Crippen molar-refractivity contribution in [2.24, 2.45) is 5.92 Å². The van der Waals surface area contributed by atoms with Gasteiger partial charge in [-0.15, -0.1) is 0 Å². The molecular formula is C16H24N2O. The van der Waals surface area contributed by atoms with Crippen LogP contribution in [0.1, 0.15) is 37.8 Å². The summed E-state index contributed by atoms with van der Waals surface area (Å²) in [5, 5.41) is 3.11. The fourth-order valence-corrected chi connectivity index (χ4v) is 2.76. The number of piperidine rings is 1. The van der Waals surface area contributed by atoms with Gasteiger partial charge in [-0.1, -0.05) is 32.0 Å². The van der Waals surface area contributed by atoms with Crippen LogP contribution in [-0.2, 0) is 6.42 Å². The molecule has 2 rings (SSSR count). The lowest BCUT2D eigenvalue weighted by molar-refractivity contribution is 0.182. The van der Waals surface area contributed by atoms with Crippen LogP contribution in [0.4, 0.5) is 10.5 Å². The highest BCUT2D eigenvalue weighted by Crippen LogP contribution is 2.23. The van der Waals surface area contributed by atoms with E-state index in [0.29, 0.717) is 5.92 Å². The Labute approximate surface area is 116 Å². The van der Waals surface area contributed by atoms with Gasteiger partial charge in [-0.3, -0.25) is 0 Å². The summed E-state index contributed by atoms with van der Waals surface area (Å²) in [4.78, 5) is 14.3. The third kappa shape index (κ3) is 3.28. The highest BCUT2D eigenvalue weighted by atomic mass is 16.2. The Morgan fingerprint density at radius 3 is 2.95 bits per heavy atom. The molecule has 2 amide bonds. The van der Waals surface area contributed by atoms with E-state index in [1.54, 1.807) is 0 Å².